The first-order chi connectivity index (χ1) is 11.0. The van der Waals surface area contributed by atoms with Crippen LogP contribution < -0.4 is 10.2 Å². The minimum Gasteiger partial charge on any atom is -0.367 e. The third-order valence-corrected chi connectivity index (χ3v) is 4.29. The van der Waals surface area contributed by atoms with Gasteiger partial charge in [-0.25, -0.2) is 4.39 Å². The maximum absolute atomic E-state index is 13.8. The SMILES string of the molecule is C[C@@H](C(=O)NCCN(C)C)N1CCN(c2ccccc2F)CC1. The molecule has 1 aromatic carbocycles. The van der Waals surface area contributed by atoms with Gasteiger partial charge in [-0.2, -0.15) is 0 Å². The lowest BCUT2D eigenvalue weighted by Gasteiger charge is -2.38. The van der Waals surface area contributed by atoms with E-state index in [0.29, 0.717) is 12.2 Å². The minimum absolute atomic E-state index is 0.0613. The van der Waals surface area contributed by atoms with Gasteiger partial charge in [0.05, 0.1) is 11.7 Å². The van der Waals surface area contributed by atoms with Crippen LogP contribution in [-0.2, 0) is 4.79 Å². The van der Waals surface area contributed by atoms with Crippen LogP contribution >= 0.6 is 0 Å². The molecule has 6 heteroatoms. The van der Waals surface area contributed by atoms with Crippen LogP contribution in [0, 0.1) is 5.82 Å². The first-order valence-corrected chi connectivity index (χ1v) is 8.15. The highest BCUT2D eigenvalue weighted by Gasteiger charge is 2.26. The van der Waals surface area contributed by atoms with Crippen molar-refractivity contribution >= 4 is 11.6 Å². The number of benzene rings is 1. The van der Waals surface area contributed by atoms with Crippen LogP contribution in [0.25, 0.3) is 0 Å². The van der Waals surface area contributed by atoms with Gasteiger partial charge in [0, 0.05) is 39.3 Å². The molecule has 1 aliphatic rings. The second-order valence-corrected chi connectivity index (χ2v) is 6.24. The van der Waals surface area contributed by atoms with E-state index in [2.05, 4.69) is 10.2 Å². The normalized spacial score (nSPS) is 17.3. The van der Waals surface area contributed by atoms with Crippen molar-refractivity contribution in [2.45, 2.75) is 13.0 Å². The van der Waals surface area contributed by atoms with E-state index in [1.165, 1.54) is 6.07 Å². The summed E-state index contributed by atoms with van der Waals surface area (Å²) in [7, 11) is 3.97. The van der Waals surface area contributed by atoms with Crippen LogP contribution in [0.2, 0.25) is 0 Å². The van der Waals surface area contributed by atoms with Gasteiger partial charge in [0.25, 0.3) is 0 Å². The summed E-state index contributed by atoms with van der Waals surface area (Å²) < 4.78 is 13.8. The average Bonchev–Trinajstić information content (AvgIpc) is 2.54. The van der Waals surface area contributed by atoms with Gasteiger partial charge >= 0.3 is 0 Å². The van der Waals surface area contributed by atoms with E-state index in [9.17, 15) is 9.18 Å². The number of anilines is 1. The largest absolute Gasteiger partial charge is 0.367 e. The molecule has 1 N–H and O–H groups in total. The van der Waals surface area contributed by atoms with Crippen molar-refractivity contribution in [2.24, 2.45) is 0 Å². The Hall–Kier alpha value is -1.66. The van der Waals surface area contributed by atoms with Gasteiger partial charge in [-0.05, 0) is 33.2 Å². The molecular formula is C17H27FN4O. The molecule has 128 valence electrons. The number of amides is 1. The molecule has 0 radical (unpaired) electrons. The smallest absolute Gasteiger partial charge is 0.237 e. The van der Waals surface area contributed by atoms with Crippen molar-refractivity contribution in [1.29, 1.82) is 0 Å². The van der Waals surface area contributed by atoms with Crippen LogP contribution in [0.4, 0.5) is 10.1 Å². The molecule has 0 unspecified atom stereocenters. The average molecular weight is 322 g/mol. The monoisotopic (exact) mass is 322 g/mol. The Balaban J connectivity index is 1.81. The molecular weight excluding hydrogens is 295 g/mol. The topological polar surface area (TPSA) is 38.8 Å². The van der Waals surface area contributed by atoms with Crippen LogP contribution in [0.5, 0.6) is 0 Å². The molecule has 0 bridgehead atoms. The number of piperazine rings is 1. The molecule has 1 fully saturated rings. The molecule has 1 aromatic rings. The van der Waals surface area contributed by atoms with Gasteiger partial charge in [0.15, 0.2) is 0 Å². The van der Waals surface area contributed by atoms with Crippen molar-refractivity contribution in [3.8, 4) is 0 Å². The number of hydrogen-bond donors (Lipinski definition) is 1. The van der Waals surface area contributed by atoms with E-state index in [1.54, 1.807) is 6.07 Å². The molecule has 2 rings (SSSR count). The van der Waals surface area contributed by atoms with Crippen molar-refractivity contribution in [3.63, 3.8) is 0 Å². The summed E-state index contributed by atoms with van der Waals surface area (Å²) in [6, 6.07) is 6.70. The first-order valence-electron chi connectivity index (χ1n) is 8.15. The Bertz CT molecular complexity index is 515. The van der Waals surface area contributed by atoms with Crippen molar-refractivity contribution in [3.05, 3.63) is 30.1 Å². The fourth-order valence-electron chi connectivity index (χ4n) is 2.77. The third-order valence-electron chi connectivity index (χ3n) is 4.29. The summed E-state index contributed by atoms with van der Waals surface area (Å²) in [5.74, 6) is -0.124. The van der Waals surface area contributed by atoms with Crippen molar-refractivity contribution in [1.82, 2.24) is 15.1 Å². The van der Waals surface area contributed by atoms with Crippen LogP contribution in [0.3, 0.4) is 0 Å². The minimum atomic E-state index is -0.185. The number of likely N-dealkylation sites (N-methyl/N-ethyl adjacent to an activating group) is 1. The molecule has 0 saturated carbocycles. The fourth-order valence-corrected chi connectivity index (χ4v) is 2.77. The molecule has 23 heavy (non-hydrogen) atoms. The standard InChI is InChI=1S/C17H27FN4O/c1-14(17(23)19-8-9-20(2)3)21-10-12-22(13-11-21)16-7-5-4-6-15(16)18/h4-7,14H,8-13H2,1-3H3,(H,19,23)/t14-/m0/s1. The van der Waals surface area contributed by atoms with Gasteiger partial charge in [-0.3, -0.25) is 9.69 Å². The van der Waals surface area contributed by atoms with Crippen LogP contribution in [0.1, 0.15) is 6.92 Å². The molecule has 1 heterocycles. The molecule has 5 nitrogen and oxygen atoms in total. The number of nitrogens with zero attached hydrogens (tertiary/aromatic N) is 3. The van der Waals surface area contributed by atoms with E-state index >= 15 is 0 Å². The van der Waals surface area contributed by atoms with E-state index in [-0.39, 0.29) is 17.8 Å². The second-order valence-electron chi connectivity index (χ2n) is 6.24. The van der Waals surface area contributed by atoms with Crippen LogP contribution in [-0.4, -0.2) is 75.1 Å². The third kappa shape index (κ3) is 4.91. The van der Waals surface area contributed by atoms with E-state index in [0.717, 1.165) is 32.7 Å². The summed E-state index contributed by atoms with van der Waals surface area (Å²) >= 11 is 0. The zero-order valence-electron chi connectivity index (χ0n) is 14.3. The lowest BCUT2D eigenvalue weighted by molar-refractivity contribution is -0.126. The lowest BCUT2D eigenvalue weighted by atomic mass is 10.2. The summed E-state index contributed by atoms with van der Waals surface area (Å²) in [4.78, 5) is 18.4. The van der Waals surface area contributed by atoms with Crippen molar-refractivity contribution < 1.29 is 9.18 Å². The number of nitrogens with one attached hydrogen (secondary N) is 1. The lowest BCUT2D eigenvalue weighted by Crippen LogP contribution is -2.54. The van der Waals surface area contributed by atoms with E-state index in [1.807, 2.05) is 43.0 Å². The first kappa shape index (κ1) is 17.7. The molecule has 1 aliphatic heterocycles. The number of hydrogen-bond acceptors (Lipinski definition) is 4. The molecule has 1 atom stereocenters. The predicted molar refractivity (Wildman–Crippen MR) is 91.2 cm³/mol. The maximum Gasteiger partial charge on any atom is 0.237 e. The Kier molecular flexibility index (Phi) is 6.36. The van der Waals surface area contributed by atoms with E-state index < -0.39 is 0 Å². The number of para-hydroxylation sites is 1. The van der Waals surface area contributed by atoms with E-state index in [4.69, 9.17) is 0 Å². The highest BCUT2D eigenvalue weighted by atomic mass is 19.1. The Morgan fingerprint density at radius 1 is 1.26 bits per heavy atom. The maximum atomic E-state index is 13.8. The highest BCUT2D eigenvalue weighted by Crippen LogP contribution is 2.20. The zero-order chi connectivity index (χ0) is 16.8. The Morgan fingerprint density at radius 3 is 2.52 bits per heavy atom. The Labute approximate surface area is 138 Å². The quantitative estimate of drug-likeness (QED) is 0.849. The van der Waals surface area contributed by atoms with Gasteiger partial charge in [0.2, 0.25) is 5.91 Å². The number of carbonyl (C=O) groups is 1. The highest BCUT2D eigenvalue weighted by molar-refractivity contribution is 5.81. The number of carbonyl (C=O) groups excluding carboxylic acids is 1. The summed E-state index contributed by atoms with van der Waals surface area (Å²) in [5, 5.41) is 2.97. The fraction of sp³-hybridized carbons (Fsp3) is 0.588. The second kappa shape index (κ2) is 8.26. The molecule has 0 aromatic heterocycles. The molecule has 0 spiro atoms. The van der Waals surface area contributed by atoms with Gasteiger partial charge in [0.1, 0.15) is 5.82 Å². The number of halogens is 1. The van der Waals surface area contributed by atoms with Gasteiger partial charge < -0.3 is 15.1 Å². The number of rotatable bonds is 6. The summed E-state index contributed by atoms with van der Waals surface area (Å²) in [5.41, 5.74) is 0.648. The zero-order valence-corrected chi connectivity index (χ0v) is 14.3. The van der Waals surface area contributed by atoms with Crippen LogP contribution in [0.15, 0.2) is 24.3 Å². The Morgan fingerprint density at radius 2 is 1.91 bits per heavy atom. The van der Waals surface area contributed by atoms with Gasteiger partial charge in [-0.15, -0.1) is 0 Å². The predicted octanol–water partition coefficient (Wildman–Crippen LogP) is 1.01. The van der Waals surface area contributed by atoms with Crippen molar-refractivity contribution in [2.75, 3.05) is 58.3 Å². The molecule has 1 amide bonds. The summed E-state index contributed by atoms with van der Waals surface area (Å²) in [6.07, 6.45) is 0. The van der Waals surface area contributed by atoms with Gasteiger partial charge in [-0.1, -0.05) is 12.1 Å². The molecule has 1 saturated heterocycles. The molecule has 0 aliphatic carbocycles. The summed E-state index contributed by atoms with van der Waals surface area (Å²) in [6.45, 7) is 6.41.